The number of hydrogen-bond donors (Lipinski definition) is 2. The minimum absolute atomic E-state index is 0.0559. The number of alkyl halides is 3. The van der Waals surface area contributed by atoms with Gasteiger partial charge in [0.05, 0.1) is 12.4 Å². The van der Waals surface area contributed by atoms with E-state index in [2.05, 4.69) is 43.3 Å². The van der Waals surface area contributed by atoms with E-state index in [1.165, 1.54) is 0 Å². The van der Waals surface area contributed by atoms with Crippen LogP contribution in [0.5, 0.6) is 0 Å². The number of carbonyl (C=O) groups is 2. The topological polar surface area (TPSA) is 144 Å². The number of likely N-dealkylation sites (N-methyl/N-ethyl adjacent to an activating group) is 1. The normalized spacial score (nSPS) is 16.1. The summed E-state index contributed by atoms with van der Waals surface area (Å²) < 4.78 is 33.5. The Hall–Kier alpha value is -4.45. The Morgan fingerprint density at radius 2 is 1.78 bits per heavy atom. The fourth-order valence-corrected chi connectivity index (χ4v) is 4.77. The number of amides is 1. The van der Waals surface area contributed by atoms with E-state index in [4.69, 9.17) is 9.90 Å². The van der Waals surface area contributed by atoms with Crippen LogP contribution in [0.4, 0.5) is 24.7 Å². The molecule has 0 bridgehead atoms. The SMILES string of the molecule is CN1CCN(c2cccc(C(=O)NN(c3nc(C#N)nc4c3ncn4C)C3CCCC3)c2)CC1.O=C(O)C(F)(F)F. The predicted molar refractivity (Wildman–Crippen MR) is 143 cm³/mol. The summed E-state index contributed by atoms with van der Waals surface area (Å²) in [4.78, 5) is 40.2. The van der Waals surface area contributed by atoms with E-state index in [0.29, 0.717) is 22.5 Å². The number of halogens is 3. The predicted octanol–water partition coefficient (Wildman–Crippen LogP) is 2.71. The maximum Gasteiger partial charge on any atom is 0.490 e. The molecule has 0 spiro atoms. The molecule has 12 nitrogen and oxygen atoms in total. The summed E-state index contributed by atoms with van der Waals surface area (Å²) in [6.45, 7) is 3.87. The van der Waals surface area contributed by atoms with Crippen LogP contribution in [0.2, 0.25) is 0 Å². The van der Waals surface area contributed by atoms with E-state index in [-0.39, 0.29) is 17.8 Å². The number of hydrazine groups is 1. The molecule has 2 N–H and O–H groups in total. The van der Waals surface area contributed by atoms with Gasteiger partial charge in [0.25, 0.3) is 5.91 Å². The van der Waals surface area contributed by atoms with Crippen LogP contribution in [0.25, 0.3) is 11.2 Å². The lowest BCUT2D eigenvalue weighted by Gasteiger charge is -2.34. The highest BCUT2D eigenvalue weighted by Gasteiger charge is 2.38. The second-order valence-electron chi connectivity index (χ2n) is 9.90. The van der Waals surface area contributed by atoms with Crippen molar-refractivity contribution in [2.24, 2.45) is 7.05 Å². The molecule has 2 aliphatic rings. The molecule has 41 heavy (non-hydrogen) atoms. The number of carboxylic acid groups (broad SMARTS) is 1. The zero-order valence-corrected chi connectivity index (χ0v) is 22.6. The van der Waals surface area contributed by atoms with Crippen LogP contribution in [0.15, 0.2) is 30.6 Å². The maximum absolute atomic E-state index is 13.5. The number of carboxylic acids is 1. The number of carbonyl (C=O) groups excluding carboxylic acids is 1. The van der Waals surface area contributed by atoms with Crippen LogP contribution in [-0.4, -0.2) is 86.8 Å². The van der Waals surface area contributed by atoms with Gasteiger partial charge in [-0.15, -0.1) is 0 Å². The Balaban J connectivity index is 0.000000493. The average Bonchev–Trinajstić information content (AvgIpc) is 3.62. The van der Waals surface area contributed by atoms with Gasteiger partial charge in [-0.3, -0.25) is 15.2 Å². The first-order valence-corrected chi connectivity index (χ1v) is 13.0. The van der Waals surface area contributed by atoms with Gasteiger partial charge >= 0.3 is 12.1 Å². The number of hydrogen-bond acceptors (Lipinski definition) is 9. The van der Waals surface area contributed by atoms with Crippen molar-refractivity contribution in [1.82, 2.24) is 29.8 Å². The first-order valence-electron chi connectivity index (χ1n) is 13.0. The van der Waals surface area contributed by atoms with Crippen LogP contribution < -0.4 is 15.3 Å². The summed E-state index contributed by atoms with van der Waals surface area (Å²) in [5, 5.41) is 18.4. The lowest BCUT2D eigenvalue weighted by atomic mass is 10.1. The smallest absolute Gasteiger partial charge is 0.475 e. The number of rotatable bonds is 5. The molecular weight excluding hydrogens is 543 g/mol. The van der Waals surface area contributed by atoms with Crippen molar-refractivity contribution in [1.29, 1.82) is 5.26 Å². The van der Waals surface area contributed by atoms with Crippen LogP contribution in [0.3, 0.4) is 0 Å². The molecule has 3 aromatic rings. The molecule has 3 heterocycles. The zero-order valence-electron chi connectivity index (χ0n) is 22.6. The molecule has 1 saturated heterocycles. The molecule has 1 aliphatic heterocycles. The molecule has 0 radical (unpaired) electrons. The highest BCUT2D eigenvalue weighted by molar-refractivity contribution is 5.97. The molecule has 218 valence electrons. The Kier molecular flexibility index (Phi) is 8.92. The summed E-state index contributed by atoms with van der Waals surface area (Å²) in [5.74, 6) is -2.44. The van der Waals surface area contributed by atoms with Gasteiger partial charge in [0.15, 0.2) is 17.0 Å². The number of nitrogens with zero attached hydrogens (tertiary/aromatic N) is 8. The van der Waals surface area contributed by atoms with Crippen LogP contribution >= 0.6 is 0 Å². The van der Waals surface area contributed by atoms with Gasteiger partial charge in [-0.1, -0.05) is 18.9 Å². The fraction of sp³-hybridized carbons (Fsp3) is 0.462. The molecule has 0 atom stereocenters. The molecule has 0 unspecified atom stereocenters. The molecule has 1 aromatic carbocycles. The maximum atomic E-state index is 13.5. The van der Waals surface area contributed by atoms with Crippen LogP contribution in [0.1, 0.15) is 41.9 Å². The van der Waals surface area contributed by atoms with Gasteiger partial charge in [-0.25, -0.2) is 9.78 Å². The standard InChI is InChI=1S/C24H29N9O.C2HF3O2/c1-30-10-12-32(13-11-30)19-9-5-6-17(14-19)24(34)29-33(18-7-3-4-8-18)23-21-22(31(2)16-26-21)27-20(15-25)28-23;3-2(4,5)1(6)7/h5-6,9,14,16,18H,3-4,7-8,10-13H2,1-2H3,(H,29,34);(H,6,7). The lowest BCUT2D eigenvalue weighted by molar-refractivity contribution is -0.192. The van der Waals surface area contributed by atoms with Gasteiger partial charge in [0.1, 0.15) is 6.07 Å². The third kappa shape index (κ3) is 7.01. The van der Waals surface area contributed by atoms with E-state index in [1.54, 1.807) is 10.9 Å². The van der Waals surface area contributed by atoms with Crippen molar-refractivity contribution < 1.29 is 27.9 Å². The Morgan fingerprint density at radius 1 is 1.12 bits per heavy atom. The monoisotopic (exact) mass is 573 g/mol. The third-order valence-corrected chi connectivity index (χ3v) is 7.00. The van der Waals surface area contributed by atoms with Crippen molar-refractivity contribution in [3.05, 3.63) is 42.0 Å². The van der Waals surface area contributed by atoms with E-state index >= 15 is 0 Å². The van der Waals surface area contributed by atoms with E-state index < -0.39 is 12.1 Å². The number of aliphatic carboxylic acids is 1. The van der Waals surface area contributed by atoms with Crippen molar-refractivity contribution in [3.63, 3.8) is 0 Å². The summed E-state index contributed by atoms with van der Waals surface area (Å²) in [5.41, 5.74) is 5.87. The summed E-state index contributed by atoms with van der Waals surface area (Å²) in [7, 11) is 3.96. The molecule has 1 saturated carbocycles. The lowest BCUT2D eigenvalue weighted by Crippen LogP contribution is -2.48. The average molecular weight is 574 g/mol. The van der Waals surface area contributed by atoms with Crippen LogP contribution in [0, 0.1) is 11.3 Å². The quantitative estimate of drug-likeness (QED) is 0.437. The highest BCUT2D eigenvalue weighted by Crippen LogP contribution is 2.30. The van der Waals surface area contributed by atoms with Crippen molar-refractivity contribution in [2.45, 2.75) is 37.9 Å². The van der Waals surface area contributed by atoms with Crippen molar-refractivity contribution >= 4 is 34.5 Å². The minimum atomic E-state index is -5.08. The van der Waals surface area contributed by atoms with Gasteiger partial charge < -0.3 is 19.5 Å². The number of benzene rings is 1. The first-order chi connectivity index (χ1) is 19.5. The second-order valence-corrected chi connectivity index (χ2v) is 9.90. The number of nitrogens with one attached hydrogen (secondary N) is 1. The molecule has 2 aromatic heterocycles. The number of imidazole rings is 1. The third-order valence-electron chi connectivity index (χ3n) is 7.00. The zero-order chi connectivity index (χ0) is 29.7. The largest absolute Gasteiger partial charge is 0.490 e. The summed E-state index contributed by atoms with van der Waals surface area (Å²) in [6, 6.07) is 9.89. The number of nitriles is 1. The minimum Gasteiger partial charge on any atom is -0.475 e. The van der Waals surface area contributed by atoms with Gasteiger partial charge in [-0.2, -0.15) is 28.4 Å². The molecule has 1 aliphatic carbocycles. The van der Waals surface area contributed by atoms with Gasteiger partial charge in [0.2, 0.25) is 5.82 Å². The Morgan fingerprint density at radius 3 is 2.39 bits per heavy atom. The number of aromatic nitrogens is 4. The first kappa shape index (κ1) is 29.5. The van der Waals surface area contributed by atoms with Crippen LogP contribution in [-0.2, 0) is 11.8 Å². The molecule has 2 fully saturated rings. The number of aryl methyl sites for hydroxylation is 1. The van der Waals surface area contributed by atoms with E-state index in [1.807, 2.05) is 36.3 Å². The number of anilines is 2. The molecule has 15 heteroatoms. The molecule has 5 rings (SSSR count). The Bertz CT molecular complexity index is 1440. The van der Waals surface area contributed by atoms with Gasteiger partial charge in [0, 0.05) is 44.5 Å². The van der Waals surface area contributed by atoms with E-state index in [9.17, 15) is 23.2 Å². The molecular formula is C26H30F3N9O3. The highest BCUT2D eigenvalue weighted by atomic mass is 19.4. The number of fused-ring (bicyclic) bond motifs is 1. The Labute approximate surface area is 234 Å². The van der Waals surface area contributed by atoms with Gasteiger partial charge in [-0.05, 0) is 38.1 Å². The van der Waals surface area contributed by atoms with Crippen molar-refractivity contribution in [2.75, 3.05) is 43.1 Å². The summed E-state index contributed by atoms with van der Waals surface area (Å²) >= 11 is 0. The second kappa shape index (κ2) is 12.4. The fourth-order valence-electron chi connectivity index (χ4n) is 4.77. The van der Waals surface area contributed by atoms with Crippen molar-refractivity contribution in [3.8, 4) is 6.07 Å². The molecule has 1 amide bonds. The van der Waals surface area contributed by atoms with E-state index in [0.717, 1.165) is 57.5 Å². The summed E-state index contributed by atoms with van der Waals surface area (Å²) in [6.07, 6.45) is 0.594. The number of piperazine rings is 1.